The van der Waals surface area contributed by atoms with Crippen molar-refractivity contribution >= 4 is 17.8 Å². The van der Waals surface area contributed by atoms with Gasteiger partial charge in [0, 0.05) is 5.56 Å². The van der Waals surface area contributed by atoms with Crippen molar-refractivity contribution in [1.29, 1.82) is 0 Å². The second-order valence-corrected chi connectivity index (χ2v) is 5.25. The Morgan fingerprint density at radius 2 is 1.88 bits per heavy atom. The van der Waals surface area contributed by atoms with E-state index in [1.54, 1.807) is 18.3 Å². The number of nitrogens with one attached hydrogen (secondary N) is 1. The standard InChI is InChI=1S/C18H21N3O4/c1-12-5-4-6-14(7-12)21-20-10-13-8-15(23-2)18(16(9-13)24-3)25-11-17(19)22/h4-10,21H,11H2,1-3H3,(H2,19,22)/b20-10-. The molecule has 132 valence electrons. The molecule has 0 unspecified atom stereocenters. The molecule has 0 spiro atoms. The van der Waals surface area contributed by atoms with Crippen LogP contribution in [0.2, 0.25) is 0 Å². The number of benzene rings is 2. The van der Waals surface area contributed by atoms with Crippen LogP contribution >= 0.6 is 0 Å². The number of anilines is 1. The molecule has 0 fully saturated rings. The predicted molar refractivity (Wildman–Crippen MR) is 96.6 cm³/mol. The van der Waals surface area contributed by atoms with Crippen LogP contribution in [0.15, 0.2) is 41.5 Å². The van der Waals surface area contributed by atoms with Crippen LogP contribution < -0.4 is 25.4 Å². The Hall–Kier alpha value is -3.22. The van der Waals surface area contributed by atoms with Gasteiger partial charge in [-0.3, -0.25) is 10.2 Å². The van der Waals surface area contributed by atoms with Crippen molar-refractivity contribution in [3.05, 3.63) is 47.5 Å². The van der Waals surface area contributed by atoms with Gasteiger partial charge in [0.1, 0.15) is 0 Å². The Morgan fingerprint density at radius 3 is 2.44 bits per heavy atom. The summed E-state index contributed by atoms with van der Waals surface area (Å²) in [6, 6.07) is 11.3. The minimum absolute atomic E-state index is 0.269. The monoisotopic (exact) mass is 343 g/mol. The Bertz CT molecular complexity index is 750. The van der Waals surface area contributed by atoms with E-state index in [0.717, 1.165) is 16.8 Å². The third-order valence-electron chi connectivity index (χ3n) is 3.27. The molecule has 2 rings (SSSR count). The van der Waals surface area contributed by atoms with Gasteiger partial charge in [0.15, 0.2) is 18.1 Å². The highest BCUT2D eigenvalue weighted by Gasteiger charge is 2.14. The van der Waals surface area contributed by atoms with Crippen LogP contribution in [0.1, 0.15) is 11.1 Å². The molecule has 7 nitrogen and oxygen atoms in total. The van der Waals surface area contributed by atoms with E-state index < -0.39 is 5.91 Å². The average molecular weight is 343 g/mol. The summed E-state index contributed by atoms with van der Waals surface area (Å²) in [5.41, 5.74) is 10.8. The van der Waals surface area contributed by atoms with Crippen molar-refractivity contribution in [2.75, 3.05) is 26.3 Å². The van der Waals surface area contributed by atoms with E-state index in [0.29, 0.717) is 17.2 Å². The van der Waals surface area contributed by atoms with Crippen molar-refractivity contribution in [3.8, 4) is 17.2 Å². The summed E-state index contributed by atoms with van der Waals surface area (Å²) in [6.07, 6.45) is 1.63. The molecule has 2 aromatic carbocycles. The Kier molecular flexibility index (Phi) is 6.22. The molecule has 2 aromatic rings. The number of rotatable bonds is 8. The number of nitrogens with two attached hydrogens (primary N) is 1. The van der Waals surface area contributed by atoms with Gasteiger partial charge >= 0.3 is 0 Å². The molecule has 0 aliphatic carbocycles. The molecule has 0 heterocycles. The van der Waals surface area contributed by atoms with Crippen molar-refractivity contribution in [1.82, 2.24) is 0 Å². The van der Waals surface area contributed by atoms with Crippen LogP contribution in [0.3, 0.4) is 0 Å². The molecule has 0 aliphatic rings. The zero-order valence-electron chi connectivity index (χ0n) is 14.4. The van der Waals surface area contributed by atoms with Crippen LogP contribution in [0.25, 0.3) is 0 Å². The summed E-state index contributed by atoms with van der Waals surface area (Å²) in [5, 5.41) is 4.21. The van der Waals surface area contributed by atoms with Crippen molar-refractivity contribution in [3.63, 3.8) is 0 Å². The Labute approximate surface area is 146 Å². The van der Waals surface area contributed by atoms with Gasteiger partial charge in [0.05, 0.1) is 26.1 Å². The number of aryl methyl sites for hydroxylation is 1. The molecular weight excluding hydrogens is 322 g/mol. The first kappa shape index (κ1) is 18.1. The number of hydrogen-bond acceptors (Lipinski definition) is 6. The molecular formula is C18H21N3O4. The number of primary amides is 1. The summed E-state index contributed by atoms with van der Waals surface area (Å²) >= 11 is 0. The van der Waals surface area contributed by atoms with Gasteiger partial charge in [-0.25, -0.2) is 0 Å². The van der Waals surface area contributed by atoms with E-state index in [2.05, 4.69) is 10.5 Å². The average Bonchev–Trinajstić information content (AvgIpc) is 2.59. The van der Waals surface area contributed by atoms with Gasteiger partial charge in [-0.2, -0.15) is 5.10 Å². The lowest BCUT2D eigenvalue weighted by molar-refractivity contribution is -0.119. The van der Waals surface area contributed by atoms with Crippen LogP contribution in [0, 0.1) is 6.92 Å². The second kappa shape index (κ2) is 8.58. The minimum Gasteiger partial charge on any atom is -0.493 e. The maximum Gasteiger partial charge on any atom is 0.255 e. The molecule has 1 amide bonds. The summed E-state index contributed by atoms with van der Waals surface area (Å²) in [4.78, 5) is 10.9. The fourth-order valence-electron chi connectivity index (χ4n) is 2.16. The van der Waals surface area contributed by atoms with E-state index in [-0.39, 0.29) is 6.61 Å². The first-order valence-corrected chi connectivity index (χ1v) is 7.56. The van der Waals surface area contributed by atoms with Gasteiger partial charge in [0.25, 0.3) is 5.91 Å². The number of nitrogens with zero attached hydrogens (tertiary/aromatic N) is 1. The number of methoxy groups -OCH3 is 2. The molecule has 0 atom stereocenters. The second-order valence-electron chi connectivity index (χ2n) is 5.25. The van der Waals surface area contributed by atoms with Crippen LogP contribution in [0.4, 0.5) is 5.69 Å². The van der Waals surface area contributed by atoms with Crippen molar-refractivity contribution < 1.29 is 19.0 Å². The third-order valence-corrected chi connectivity index (χ3v) is 3.27. The van der Waals surface area contributed by atoms with Crippen molar-refractivity contribution in [2.24, 2.45) is 10.8 Å². The smallest absolute Gasteiger partial charge is 0.255 e. The molecule has 0 saturated carbocycles. The highest BCUT2D eigenvalue weighted by molar-refractivity contribution is 5.83. The lowest BCUT2D eigenvalue weighted by Gasteiger charge is -2.14. The largest absolute Gasteiger partial charge is 0.493 e. The summed E-state index contributed by atoms with van der Waals surface area (Å²) in [7, 11) is 3.00. The summed E-state index contributed by atoms with van der Waals surface area (Å²) in [6.45, 7) is 1.74. The van der Waals surface area contributed by atoms with Crippen LogP contribution in [-0.2, 0) is 4.79 Å². The van der Waals surface area contributed by atoms with E-state index in [9.17, 15) is 4.79 Å². The van der Waals surface area contributed by atoms with Crippen LogP contribution in [-0.4, -0.2) is 32.9 Å². The highest BCUT2D eigenvalue weighted by Crippen LogP contribution is 2.38. The maximum absolute atomic E-state index is 10.9. The lowest BCUT2D eigenvalue weighted by Crippen LogP contribution is -2.20. The fraction of sp³-hybridized carbons (Fsp3) is 0.222. The van der Waals surface area contributed by atoms with Gasteiger partial charge in [-0.15, -0.1) is 0 Å². The molecule has 7 heteroatoms. The van der Waals surface area contributed by atoms with Gasteiger partial charge in [0.2, 0.25) is 5.75 Å². The molecule has 3 N–H and O–H groups in total. The van der Waals surface area contributed by atoms with E-state index >= 15 is 0 Å². The molecule has 0 bridgehead atoms. The topological polar surface area (TPSA) is 95.2 Å². The van der Waals surface area contributed by atoms with Gasteiger partial charge < -0.3 is 19.9 Å². The van der Waals surface area contributed by atoms with E-state index in [1.165, 1.54) is 14.2 Å². The zero-order valence-corrected chi connectivity index (χ0v) is 14.4. The van der Waals surface area contributed by atoms with E-state index in [4.69, 9.17) is 19.9 Å². The Morgan fingerprint density at radius 1 is 1.20 bits per heavy atom. The first-order chi connectivity index (χ1) is 12.0. The number of hydrogen-bond donors (Lipinski definition) is 2. The quantitative estimate of drug-likeness (QED) is 0.566. The number of carbonyl (C=O) groups is 1. The Balaban J connectivity index is 2.20. The molecule has 0 saturated heterocycles. The number of amides is 1. The maximum atomic E-state index is 10.9. The van der Waals surface area contributed by atoms with Crippen LogP contribution in [0.5, 0.6) is 17.2 Å². The SMILES string of the molecule is COc1cc(/C=N\Nc2cccc(C)c2)cc(OC)c1OCC(N)=O. The molecule has 25 heavy (non-hydrogen) atoms. The number of ether oxygens (including phenoxy) is 3. The molecule has 0 aliphatic heterocycles. The normalized spacial score (nSPS) is 10.5. The van der Waals surface area contributed by atoms with Crippen molar-refractivity contribution in [2.45, 2.75) is 6.92 Å². The third kappa shape index (κ3) is 5.13. The fourth-order valence-corrected chi connectivity index (χ4v) is 2.16. The van der Waals surface area contributed by atoms with E-state index in [1.807, 2.05) is 31.2 Å². The van der Waals surface area contributed by atoms with Gasteiger partial charge in [-0.1, -0.05) is 12.1 Å². The summed E-state index contributed by atoms with van der Waals surface area (Å²) in [5.74, 6) is 0.555. The summed E-state index contributed by atoms with van der Waals surface area (Å²) < 4.78 is 16.0. The minimum atomic E-state index is -0.586. The number of hydrazone groups is 1. The van der Waals surface area contributed by atoms with Gasteiger partial charge in [-0.05, 0) is 36.8 Å². The zero-order chi connectivity index (χ0) is 18.2. The molecule has 0 aromatic heterocycles. The highest BCUT2D eigenvalue weighted by atomic mass is 16.5. The predicted octanol–water partition coefficient (Wildman–Crippen LogP) is 2.32. The first-order valence-electron chi connectivity index (χ1n) is 7.56. The lowest BCUT2D eigenvalue weighted by atomic mass is 10.2. The number of carbonyl (C=O) groups excluding carboxylic acids is 1. The molecule has 0 radical (unpaired) electrons.